The molecule has 1 aromatic carbocycles. The van der Waals surface area contributed by atoms with E-state index in [1.54, 1.807) is 46.8 Å². The van der Waals surface area contributed by atoms with Gasteiger partial charge in [0.05, 0.1) is 19.4 Å². The van der Waals surface area contributed by atoms with Crippen LogP contribution in [0.2, 0.25) is 0 Å². The molecule has 4 amide bonds. The summed E-state index contributed by atoms with van der Waals surface area (Å²) in [5.74, 6) is -2.47. The fourth-order valence-corrected chi connectivity index (χ4v) is 3.63. The summed E-state index contributed by atoms with van der Waals surface area (Å²) in [5, 5.41) is 5.16. The first-order valence-corrected chi connectivity index (χ1v) is 12.8. The van der Waals surface area contributed by atoms with Crippen molar-refractivity contribution in [1.82, 2.24) is 15.5 Å². The predicted molar refractivity (Wildman–Crippen MR) is 142 cm³/mol. The lowest BCUT2D eigenvalue weighted by molar-refractivity contribution is -0.146. The first kappa shape index (κ1) is 32.4. The van der Waals surface area contributed by atoms with Gasteiger partial charge in [0.15, 0.2) is 0 Å². The maximum atomic E-state index is 13.9. The molecule has 0 aliphatic heterocycles. The number of benzene rings is 1. The summed E-state index contributed by atoms with van der Waals surface area (Å²) in [6.45, 7) is 12.4. The van der Waals surface area contributed by atoms with E-state index < -0.39 is 59.9 Å². The summed E-state index contributed by atoms with van der Waals surface area (Å²) < 4.78 is 10.2. The van der Waals surface area contributed by atoms with Gasteiger partial charge >= 0.3 is 12.1 Å². The highest BCUT2D eigenvalue weighted by atomic mass is 16.6. The van der Waals surface area contributed by atoms with Crippen molar-refractivity contribution in [3.63, 3.8) is 0 Å². The molecule has 0 aliphatic rings. The van der Waals surface area contributed by atoms with Crippen LogP contribution < -0.4 is 16.4 Å². The molecule has 0 heterocycles. The topological polar surface area (TPSA) is 157 Å². The highest BCUT2D eigenvalue weighted by Gasteiger charge is 2.39. The third-order valence-electron chi connectivity index (χ3n) is 5.57. The quantitative estimate of drug-likeness (QED) is 0.328. The Balaban J connectivity index is 3.44. The fraction of sp³-hybridized carbons (Fsp3) is 0.593. The summed E-state index contributed by atoms with van der Waals surface area (Å²) in [4.78, 5) is 64.9. The number of esters is 1. The van der Waals surface area contributed by atoms with E-state index in [-0.39, 0.29) is 19.6 Å². The van der Waals surface area contributed by atoms with Gasteiger partial charge in [-0.2, -0.15) is 0 Å². The standard InChI is InChI=1S/C27H42N4O7/c1-8-18(4)31(25(35)20(16-21(28)32)30-26(36)38-27(5,6)7)23(19-12-10-17(3)11-13-19)24(34)29-15-14-22(33)37-9-2/h10-13,18,20,23H,8-9,14-16H2,1-7H3,(H2,28,32)(H,29,34)(H,30,36). The van der Waals surface area contributed by atoms with E-state index in [4.69, 9.17) is 15.2 Å². The number of ether oxygens (including phenoxy) is 2. The van der Waals surface area contributed by atoms with Gasteiger partial charge in [0.25, 0.3) is 0 Å². The number of hydrogen-bond acceptors (Lipinski definition) is 7. The van der Waals surface area contributed by atoms with Gasteiger partial charge in [-0.05, 0) is 53.5 Å². The molecule has 11 heteroatoms. The number of rotatable bonds is 13. The van der Waals surface area contributed by atoms with Crippen LogP contribution in [0.15, 0.2) is 24.3 Å². The number of aryl methyl sites for hydroxylation is 1. The zero-order valence-electron chi connectivity index (χ0n) is 23.5. The Morgan fingerprint density at radius 1 is 1.05 bits per heavy atom. The molecule has 0 spiro atoms. The lowest BCUT2D eigenvalue weighted by atomic mass is 9.98. The molecule has 4 N–H and O–H groups in total. The molecule has 0 bridgehead atoms. The van der Waals surface area contributed by atoms with E-state index >= 15 is 0 Å². The van der Waals surface area contributed by atoms with Gasteiger partial charge in [0.2, 0.25) is 17.7 Å². The number of carbonyl (C=O) groups excluding carboxylic acids is 5. The highest BCUT2D eigenvalue weighted by Crippen LogP contribution is 2.27. The van der Waals surface area contributed by atoms with Gasteiger partial charge < -0.3 is 30.7 Å². The van der Waals surface area contributed by atoms with Crippen LogP contribution in [0.4, 0.5) is 4.79 Å². The molecule has 3 atom stereocenters. The third kappa shape index (κ3) is 10.8. The summed E-state index contributed by atoms with van der Waals surface area (Å²) in [7, 11) is 0. The smallest absolute Gasteiger partial charge is 0.408 e. The van der Waals surface area contributed by atoms with Crippen molar-refractivity contribution in [2.45, 2.75) is 91.5 Å². The number of nitrogens with two attached hydrogens (primary N) is 1. The predicted octanol–water partition coefficient (Wildman–Crippen LogP) is 2.50. The molecular formula is C27H42N4O7. The monoisotopic (exact) mass is 534 g/mol. The SMILES string of the molecule is CCOC(=O)CCNC(=O)C(c1ccc(C)cc1)N(C(=O)C(CC(N)=O)NC(=O)OC(C)(C)C)C(C)CC. The van der Waals surface area contributed by atoms with Gasteiger partial charge in [-0.1, -0.05) is 36.8 Å². The van der Waals surface area contributed by atoms with E-state index in [1.807, 2.05) is 26.0 Å². The minimum atomic E-state index is -1.36. The molecule has 0 aliphatic carbocycles. The number of amides is 4. The second-order valence-electron chi connectivity index (χ2n) is 10.0. The Labute approximate surface area is 224 Å². The van der Waals surface area contributed by atoms with Gasteiger partial charge in [-0.15, -0.1) is 0 Å². The molecule has 212 valence electrons. The molecule has 0 aromatic heterocycles. The van der Waals surface area contributed by atoms with Crippen molar-refractivity contribution in [3.8, 4) is 0 Å². The van der Waals surface area contributed by atoms with Crippen LogP contribution in [0.3, 0.4) is 0 Å². The van der Waals surface area contributed by atoms with Crippen LogP contribution >= 0.6 is 0 Å². The Kier molecular flexibility index (Phi) is 12.7. The van der Waals surface area contributed by atoms with E-state index in [1.165, 1.54) is 4.90 Å². The summed E-state index contributed by atoms with van der Waals surface area (Å²) in [6.07, 6.45) is -0.954. The van der Waals surface area contributed by atoms with Crippen molar-refractivity contribution in [1.29, 1.82) is 0 Å². The largest absolute Gasteiger partial charge is 0.466 e. The van der Waals surface area contributed by atoms with Crippen LogP contribution in [0.1, 0.15) is 78.0 Å². The maximum Gasteiger partial charge on any atom is 0.408 e. The summed E-state index contributed by atoms with van der Waals surface area (Å²) >= 11 is 0. The number of hydrogen-bond donors (Lipinski definition) is 3. The van der Waals surface area contributed by atoms with E-state index in [0.29, 0.717) is 12.0 Å². The number of nitrogens with zero attached hydrogens (tertiary/aromatic N) is 1. The number of nitrogens with one attached hydrogen (secondary N) is 2. The summed E-state index contributed by atoms with van der Waals surface area (Å²) in [6, 6.07) is 4.14. The Morgan fingerprint density at radius 3 is 2.16 bits per heavy atom. The van der Waals surface area contributed by atoms with Crippen LogP contribution in [0.5, 0.6) is 0 Å². The lowest BCUT2D eigenvalue weighted by Gasteiger charge is -2.38. The highest BCUT2D eigenvalue weighted by molar-refractivity contribution is 5.94. The van der Waals surface area contributed by atoms with Crippen molar-refractivity contribution < 1.29 is 33.4 Å². The summed E-state index contributed by atoms with van der Waals surface area (Å²) in [5.41, 5.74) is 6.03. The van der Waals surface area contributed by atoms with Crippen molar-refractivity contribution in [2.75, 3.05) is 13.2 Å². The minimum absolute atomic E-state index is 0.00341. The van der Waals surface area contributed by atoms with Crippen molar-refractivity contribution in [3.05, 3.63) is 35.4 Å². The molecule has 0 fully saturated rings. The van der Waals surface area contributed by atoms with Crippen molar-refractivity contribution >= 4 is 29.8 Å². The van der Waals surface area contributed by atoms with E-state index in [9.17, 15) is 24.0 Å². The fourth-order valence-electron chi connectivity index (χ4n) is 3.63. The maximum absolute atomic E-state index is 13.9. The van der Waals surface area contributed by atoms with Crippen LogP contribution in [-0.4, -0.2) is 65.5 Å². The molecule has 3 unspecified atom stereocenters. The van der Waals surface area contributed by atoms with Crippen LogP contribution in [-0.2, 0) is 28.7 Å². The van der Waals surface area contributed by atoms with Gasteiger partial charge in [0.1, 0.15) is 17.7 Å². The molecule has 0 saturated carbocycles. The van der Waals surface area contributed by atoms with E-state index in [2.05, 4.69) is 10.6 Å². The van der Waals surface area contributed by atoms with Gasteiger partial charge in [-0.3, -0.25) is 19.2 Å². The molecule has 11 nitrogen and oxygen atoms in total. The molecule has 1 rings (SSSR count). The minimum Gasteiger partial charge on any atom is -0.466 e. The average molecular weight is 535 g/mol. The third-order valence-corrected chi connectivity index (χ3v) is 5.57. The Morgan fingerprint density at radius 2 is 1.66 bits per heavy atom. The Hall–Kier alpha value is -3.63. The zero-order valence-corrected chi connectivity index (χ0v) is 23.5. The first-order chi connectivity index (χ1) is 17.7. The lowest BCUT2D eigenvalue weighted by Crippen LogP contribution is -2.56. The van der Waals surface area contributed by atoms with Crippen LogP contribution in [0, 0.1) is 6.92 Å². The first-order valence-electron chi connectivity index (χ1n) is 12.8. The normalized spacial score (nSPS) is 13.4. The second-order valence-corrected chi connectivity index (χ2v) is 10.0. The zero-order chi connectivity index (χ0) is 29.0. The second kappa shape index (κ2) is 14.9. The van der Waals surface area contributed by atoms with Crippen molar-refractivity contribution in [2.24, 2.45) is 5.73 Å². The van der Waals surface area contributed by atoms with Gasteiger partial charge in [-0.25, -0.2) is 4.79 Å². The number of alkyl carbamates (subject to hydrolysis) is 1. The molecule has 0 saturated heterocycles. The molecule has 1 aromatic rings. The van der Waals surface area contributed by atoms with Crippen LogP contribution in [0.25, 0.3) is 0 Å². The molecule has 38 heavy (non-hydrogen) atoms. The number of carbonyl (C=O) groups is 5. The molecular weight excluding hydrogens is 492 g/mol. The molecule has 0 radical (unpaired) electrons. The Bertz CT molecular complexity index is 973. The average Bonchev–Trinajstić information content (AvgIpc) is 2.80. The van der Waals surface area contributed by atoms with E-state index in [0.717, 1.165) is 5.56 Å². The number of primary amides is 1. The van der Waals surface area contributed by atoms with Gasteiger partial charge in [0, 0.05) is 12.6 Å².